The van der Waals surface area contributed by atoms with Crippen LogP contribution in [0.1, 0.15) is 338 Å². The summed E-state index contributed by atoms with van der Waals surface area (Å²) in [7, 11) is 4.82. The molecule has 0 aliphatic rings. The summed E-state index contributed by atoms with van der Waals surface area (Å²) in [6.07, 6.45) is 0. The molecule has 0 nitrogen and oxygen atoms in total. The van der Waals surface area contributed by atoms with Crippen molar-refractivity contribution in [1.82, 2.24) is 0 Å². The topological polar surface area (TPSA) is 0 Å². The first-order valence-corrected chi connectivity index (χ1v) is 36.2. The van der Waals surface area contributed by atoms with Gasteiger partial charge in [-0.3, -0.25) is 0 Å². The Bertz CT molecular complexity index is 2820. The quantitative estimate of drug-likeness (QED) is 0.136. The van der Waals surface area contributed by atoms with Crippen LogP contribution >= 0.6 is 32.8 Å². The number of rotatable bonds is 8. The maximum absolute atomic E-state index is 2.59. The Morgan fingerprint density at radius 2 is 0.291 bits per heavy atom. The lowest BCUT2D eigenvalue weighted by Crippen LogP contribution is -2.30. The molecule has 5 aromatic carbocycles. The summed E-state index contributed by atoms with van der Waals surface area (Å²) in [4.78, 5) is 0. The summed E-state index contributed by atoms with van der Waals surface area (Å²) in [5, 5.41) is 5.75. The van der Waals surface area contributed by atoms with Gasteiger partial charge in [0.2, 0.25) is 0 Å². The molecule has 0 saturated heterocycles. The molecular formula is C82H122P4. The van der Waals surface area contributed by atoms with Crippen molar-refractivity contribution in [2.24, 2.45) is 0 Å². The normalized spacial score (nSPS) is 14.6. The van der Waals surface area contributed by atoms with E-state index in [1.165, 1.54) is 143 Å². The molecule has 0 saturated carbocycles. The molecule has 0 amide bonds. The molecule has 0 aliphatic carbocycles. The molecule has 0 radical (unpaired) electrons. The monoisotopic (exact) mass is 1230 g/mol. The van der Waals surface area contributed by atoms with Gasteiger partial charge in [0.25, 0.3) is 0 Å². The Morgan fingerprint density at radius 1 is 0.174 bits per heavy atom. The lowest BCUT2D eigenvalue weighted by molar-refractivity contribution is 0.553. The lowest BCUT2D eigenvalue weighted by atomic mass is 9.75. The second-order valence-electron chi connectivity index (χ2n) is 37.8. The summed E-state index contributed by atoms with van der Waals surface area (Å²) < 4.78 is 0. The number of benzene rings is 5. The molecule has 5 aromatic rings. The Hall–Kier alpha value is -3.22. The Balaban J connectivity index is 2.14. The molecule has 86 heavy (non-hydrogen) atoms. The zero-order valence-electron chi connectivity index (χ0n) is 61.9. The number of hydrogen-bond donors (Lipinski definition) is 0. The van der Waals surface area contributed by atoms with Crippen LogP contribution in [0, 0.1) is 0 Å². The van der Waals surface area contributed by atoms with E-state index in [0.717, 1.165) is 0 Å². The second-order valence-corrected chi connectivity index (χ2v) is 41.7. The minimum absolute atomic E-state index is 0.0154. The van der Waals surface area contributed by atoms with Crippen molar-refractivity contribution in [2.75, 3.05) is 0 Å². The fourth-order valence-corrected chi connectivity index (χ4v) is 17.3. The Labute approximate surface area is 537 Å². The molecule has 0 fully saturated rings. The molecule has 4 heteroatoms. The van der Waals surface area contributed by atoms with Crippen molar-refractivity contribution in [1.29, 1.82) is 0 Å². The SMILES string of the molecule is CC(C)(C)c1cc(C(C)(C)C)c(P=Cc2cc(C=Pc3c(C(C)(C)C)cc(C(C)(C)C)cc3C(C)(C)C)c(C=Pc3c(C(C)(C)C)cc(C(C)(C)C)cc3C(C)(C)C)cc2C=Pc2c(C(C)(C)C)cc(C(C)(C)C)cc2C(C)(C)C)c(C(C)(C)C)c1. The first kappa shape index (κ1) is 73.5. The molecule has 0 spiro atoms. The zero-order valence-corrected chi connectivity index (χ0v) is 65.4. The fourth-order valence-electron chi connectivity index (χ4n) is 11.1. The molecule has 5 rings (SSSR count). The zero-order chi connectivity index (χ0) is 66.3. The van der Waals surface area contributed by atoms with E-state index in [4.69, 9.17) is 0 Å². The molecule has 0 atom stereocenters. The Kier molecular flexibility index (Phi) is 21.2. The van der Waals surface area contributed by atoms with Gasteiger partial charge in [-0.2, -0.15) is 0 Å². The summed E-state index contributed by atoms with van der Waals surface area (Å²) >= 11 is 0. The van der Waals surface area contributed by atoms with E-state index < -0.39 is 0 Å². The van der Waals surface area contributed by atoms with E-state index >= 15 is 0 Å². The molecule has 0 aromatic heterocycles. The average molecular weight is 1230 g/mol. The van der Waals surface area contributed by atoms with Crippen LogP contribution in [0.15, 0.2) is 60.7 Å². The lowest BCUT2D eigenvalue weighted by Gasteiger charge is -2.32. The molecule has 0 unspecified atom stereocenters. The standard InChI is InChI=1S/C82H122P4/c1-71(2,3)55-39-59(75(13,14)15)67(60(40-55)76(16,17)18)83-47-51-37-53(49-85-69-63(79(25,26)27)43-57(73(7,8)9)44-64(69)80(28,29)30)54(50-86-70-65(81(31,32)33)45-58(74(10,11)12)46-66(70)82(34,35)36)38-52(51)48-84-68-61(77(19,20)21)41-56(72(4,5)6)42-62(68)78(22,23)24/h37-50H,1-36H3. The predicted molar refractivity (Wildman–Crippen MR) is 403 cm³/mol. The van der Waals surface area contributed by atoms with Crippen molar-refractivity contribution < 1.29 is 0 Å². The van der Waals surface area contributed by atoms with Crippen LogP contribution in [0.5, 0.6) is 0 Å². The van der Waals surface area contributed by atoms with Gasteiger partial charge in [0, 0.05) is 21.2 Å². The van der Waals surface area contributed by atoms with E-state index in [1.54, 1.807) is 0 Å². The van der Waals surface area contributed by atoms with Crippen molar-refractivity contribution in [3.05, 3.63) is 150 Å². The van der Waals surface area contributed by atoms with Crippen molar-refractivity contribution >= 4 is 77.2 Å². The van der Waals surface area contributed by atoms with Crippen LogP contribution in [0.4, 0.5) is 0 Å². The number of hydrogen-bond acceptors (Lipinski definition) is 0. The summed E-state index contributed by atoms with van der Waals surface area (Å²) in [6.45, 7) is 86.4. The van der Waals surface area contributed by atoms with Gasteiger partial charge in [0.1, 0.15) is 0 Å². The van der Waals surface area contributed by atoms with E-state index in [9.17, 15) is 0 Å². The van der Waals surface area contributed by atoms with Crippen LogP contribution < -0.4 is 21.2 Å². The maximum atomic E-state index is 2.59. The second kappa shape index (κ2) is 24.8. The van der Waals surface area contributed by atoms with Crippen LogP contribution in [0.25, 0.3) is 0 Å². The summed E-state index contributed by atoms with van der Waals surface area (Å²) in [5.74, 6) is 10.4. The van der Waals surface area contributed by atoms with E-state index in [1.807, 2.05) is 0 Å². The molecular weight excluding hydrogens is 1110 g/mol. The highest BCUT2D eigenvalue weighted by molar-refractivity contribution is 7.49. The highest BCUT2D eigenvalue weighted by Gasteiger charge is 2.34. The average Bonchev–Trinajstić information content (AvgIpc) is 0.840. The van der Waals surface area contributed by atoms with Gasteiger partial charge in [0.15, 0.2) is 0 Å². The van der Waals surface area contributed by atoms with Gasteiger partial charge < -0.3 is 0 Å². The fraction of sp³-hybridized carbons (Fsp3) is 0.585. The van der Waals surface area contributed by atoms with Crippen LogP contribution in [0.3, 0.4) is 0 Å². The predicted octanol–water partition coefficient (Wildman–Crippen LogP) is 22.9. The van der Waals surface area contributed by atoms with E-state index in [-0.39, 0.29) is 65.0 Å². The first-order valence-electron chi connectivity index (χ1n) is 32.4. The maximum Gasteiger partial charge on any atom is 0.00929 e. The van der Waals surface area contributed by atoms with Gasteiger partial charge >= 0.3 is 0 Å². The highest BCUT2D eigenvalue weighted by atomic mass is 31.1. The molecule has 0 aliphatic heterocycles. The third-order valence-electron chi connectivity index (χ3n) is 17.0. The van der Waals surface area contributed by atoms with Gasteiger partial charge in [-0.05, 0) is 189 Å². The molecule has 470 valence electrons. The van der Waals surface area contributed by atoms with Gasteiger partial charge in [0.05, 0.1) is 0 Å². The van der Waals surface area contributed by atoms with E-state index in [2.05, 4.69) is 333 Å². The van der Waals surface area contributed by atoms with Crippen molar-refractivity contribution in [2.45, 2.75) is 314 Å². The highest BCUT2D eigenvalue weighted by Crippen LogP contribution is 2.41. The van der Waals surface area contributed by atoms with Crippen LogP contribution in [0.2, 0.25) is 0 Å². The smallest absolute Gasteiger partial charge is 0.00929 e. The third-order valence-corrected chi connectivity index (χ3v) is 21.6. The third kappa shape index (κ3) is 18.0. The van der Waals surface area contributed by atoms with Crippen molar-refractivity contribution in [3.8, 4) is 0 Å². The molecule has 0 bridgehead atoms. The van der Waals surface area contributed by atoms with E-state index in [0.29, 0.717) is 0 Å². The minimum Gasteiger partial charge on any atom is -0.0672 e. The van der Waals surface area contributed by atoms with Gasteiger partial charge in [-0.15, -0.1) is 0 Å². The van der Waals surface area contributed by atoms with Crippen LogP contribution in [-0.4, -0.2) is 23.2 Å². The first-order chi connectivity index (χ1) is 38.2. The van der Waals surface area contributed by atoms with Crippen molar-refractivity contribution in [3.63, 3.8) is 0 Å². The molecule has 0 N–H and O–H groups in total. The minimum atomic E-state index is -0.0619. The van der Waals surface area contributed by atoms with Gasteiger partial charge in [-0.1, -0.05) is 331 Å². The van der Waals surface area contributed by atoms with Gasteiger partial charge in [-0.25, -0.2) is 0 Å². The molecule has 0 heterocycles. The van der Waals surface area contributed by atoms with Crippen LogP contribution in [-0.2, 0) is 65.0 Å². The summed E-state index contributed by atoms with van der Waals surface area (Å²) in [5.41, 5.74) is 21.9. The largest absolute Gasteiger partial charge is 0.0672 e. The summed E-state index contributed by atoms with van der Waals surface area (Å²) in [6, 6.07) is 25.6. The Morgan fingerprint density at radius 3 is 0.384 bits per heavy atom.